The Labute approximate surface area is 131 Å². The normalized spacial score (nSPS) is 37.6. The van der Waals surface area contributed by atoms with Crippen molar-refractivity contribution in [3.63, 3.8) is 0 Å². The summed E-state index contributed by atoms with van der Waals surface area (Å²) < 4.78 is 5.91. The quantitative estimate of drug-likeness (QED) is 0.359. The van der Waals surface area contributed by atoms with Crippen molar-refractivity contribution in [2.45, 2.75) is 25.0 Å². The number of nitro groups is 1. The van der Waals surface area contributed by atoms with E-state index >= 15 is 0 Å². The molecule has 2 saturated heterocycles. The van der Waals surface area contributed by atoms with E-state index in [1.165, 1.54) is 24.3 Å². The molecule has 7 nitrogen and oxygen atoms in total. The molecule has 0 radical (unpaired) electrons. The second-order valence-corrected chi connectivity index (χ2v) is 6.55. The maximum Gasteiger partial charge on any atom is 0.271 e. The van der Waals surface area contributed by atoms with Crippen LogP contribution in [0.2, 0.25) is 0 Å². The number of fused-ring (bicyclic) bond motifs is 5. The number of amides is 2. The van der Waals surface area contributed by atoms with Crippen LogP contribution < -0.4 is 4.90 Å². The van der Waals surface area contributed by atoms with Crippen molar-refractivity contribution in [1.29, 1.82) is 0 Å². The van der Waals surface area contributed by atoms with Gasteiger partial charge in [0.1, 0.15) is 0 Å². The van der Waals surface area contributed by atoms with Crippen LogP contribution in [0.5, 0.6) is 0 Å². The Balaban J connectivity index is 1.79. The van der Waals surface area contributed by atoms with Gasteiger partial charge in [-0.15, -0.1) is 0 Å². The van der Waals surface area contributed by atoms with Gasteiger partial charge in [0, 0.05) is 12.1 Å². The summed E-state index contributed by atoms with van der Waals surface area (Å²) >= 11 is 0. The van der Waals surface area contributed by atoms with Crippen LogP contribution in [0.4, 0.5) is 11.4 Å². The number of hydrogen-bond donors (Lipinski definition) is 0. The summed E-state index contributed by atoms with van der Waals surface area (Å²) in [6.45, 7) is 3.59. The molecule has 0 spiro atoms. The Bertz CT molecular complexity index is 767. The van der Waals surface area contributed by atoms with Gasteiger partial charge in [0.2, 0.25) is 11.8 Å². The van der Waals surface area contributed by atoms with Crippen molar-refractivity contribution in [1.82, 2.24) is 0 Å². The summed E-state index contributed by atoms with van der Waals surface area (Å²) in [6, 6.07) is 5.57. The molecule has 3 heterocycles. The van der Waals surface area contributed by atoms with Crippen molar-refractivity contribution in [2.24, 2.45) is 11.8 Å². The zero-order valence-corrected chi connectivity index (χ0v) is 12.6. The number of imide groups is 1. The fourth-order valence-corrected chi connectivity index (χ4v) is 4.03. The first-order chi connectivity index (χ1) is 10.8. The van der Waals surface area contributed by atoms with Gasteiger partial charge in [0.25, 0.3) is 5.69 Å². The highest BCUT2D eigenvalue weighted by Gasteiger charge is 2.70. The van der Waals surface area contributed by atoms with E-state index < -0.39 is 28.0 Å². The van der Waals surface area contributed by atoms with Crippen LogP contribution in [0.25, 0.3) is 0 Å². The van der Waals surface area contributed by atoms with Gasteiger partial charge in [0.15, 0.2) is 0 Å². The molecule has 1 aromatic rings. The minimum absolute atomic E-state index is 0.157. The molecule has 3 aliphatic heterocycles. The summed E-state index contributed by atoms with van der Waals surface area (Å²) in [7, 11) is 0. The number of non-ortho nitro benzene ring substituents is 1. The highest BCUT2D eigenvalue weighted by molar-refractivity contribution is 6.23. The zero-order valence-electron chi connectivity index (χ0n) is 12.6. The molecule has 0 unspecified atom stereocenters. The topological polar surface area (TPSA) is 89.8 Å². The fourth-order valence-electron chi connectivity index (χ4n) is 4.03. The number of carbonyl (C=O) groups is 2. The summed E-state index contributed by atoms with van der Waals surface area (Å²) in [6.07, 6.45) is 3.66. The number of nitrogens with zero attached hydrogens (tertiary/aromatic N) is 2. The number of ether oxygens (including phenoxy) is 1. The lowest BCUT2D eigenvalue weighted by Crippen LogP contribution is -2.39. The molecule has 0 aromatic heterocycles. The lowest BCUT2D eigenvalue weighted by molar-refractivity contribution is -0.384. The number of hydrogen-bond acceptors (Lipinski definition) is 5. The molecule has 7 heteroatoms. The van der Waals surface area contributed by atoms with Gasteiger partial charge in [0.05, 0.1) is 33.6 Å². The molecule has 2 bridgehead atoms. The van der Waals surface area contributed by atoms with E-state index in [9.17, 15) is 19.7 Å². The third kappa shape index (κ3) is 1.62. The van der Waals surface area contributed by atoms with Crippen LogP contribution >= 0.6 is 0 Å². The molecular formula is C16H14N2O5. The van der Waals surface area contributed by atoms with Gasteiger partial charge >= 0.3 is 0 Å². The number of rotatable bonds is 2. The van der Waals surface area contributed by atoms with Crippen molar-refractivity contribution < 1.29 is 19.2 Å². The van der Waals surface area contributed by atoms with E-state index in [2.05, 4.69) is 0 Å². The Kier molecular flexibility index (Phi) is 2.48. The van der Waals surface area contributed by atoms with Crippen molar-refractivity contribution >= 4 is 23.2 Å². The lowest BCUT2D eigenvalue weighted by atomic mass is 9.73. The van der Waals surface area contributed by atoms with E-state index in [1.807, 2.05) is 12.2 Å². The van der Waals surface area contributed by atoms with Crippen LogP contribution in [0.1, 0.15) is 13.8 Å². The Morgan fingerprint density at radius 1 is 1.13 bits per heavy atom. The van der Waals surface area contributed by atoms with Crippen LogP contribution in [0.15, 0.2) is 36.4 Å². The van der Waals surface area contributed by atoms with Gasteiger partial charge in [-0.2, -0.15) is 0 Å². The van der Waals surface area contributed by atoms with E-state index in [4.69, 9.17) is 4.74 Å². The second kappa shape index (κ2) is 4.05. The SMILES string of the molecule is C[C@]12C=C[C@](C)(O1)[C@H]1C(=O)N(c3cccc([N+](=O)[O-])c3)C(=O)[C@H]12. The predicted octanol–water partition coefficient (Wildman–Crippen LogP) is 1.82. The smallest absolute Gasteiger partial charge is 0.271 e. The minimum atomic E-state index is -0.804. The minimum Gasteiger partial charge on any atom is -0.359 e. The van der Waals surface area contributed by atoms with Gasteiger partial charge < -0.3 is 4.74 Å². The zero-order chi connectivity index (χ0) is 16.6. The number of nitro benzene ring substituents is 1. The van der Waals surface area contributed by atoms with Gasteiger partial charge in [-0.3, -0.25) is 19.7 Å². The van der Waals surface area contributed by atoms with Crippen LogP contribution in [-0.4, -0.2) is 27.9 Å². The van der Waals surface area contributed by atoms with Crippen molar-refractivity contribution in [3.8, 4) is 0 Å². The highest BCUT2D eigenvalue weighted by atomic mass is 16.6. The number of carbonyl (C=O) groups excluding carboxylic acids is 2. The summed E-state index contributed by atoms with van der Waals surface area (Å²) in [5.74, 6) is -1.92. The molecule has 23 heavy (non-hydrogen) atoms. The third-order valence-corrected chi connectivity index (χ3v) is 5.03. The van der Waals surface area contributed by atoms with E-state index in [-0.39, 0.29) is 23.2 Å². The largest absolute Gasteiger partial charge is 0.359 e. The molecular weight excluding hydrogens is 300 g/mol. The first-order valence-electron chi connectivity index (χ1n) is 7.30. The highest BCUT2D eigenvalue weighted by Crippen LogP contribution is 2.57. The predicted molar refractivity (Wildman–Crippen MR) is 79.6 cm³/mol. The first kappa shape index (κ1) is 14.1. The average molecular weight is 314 g/mol. The standard InChI is InChI=1S/C16H14N2O5/c1-15-6-7-16(2,23-15)12-11(15)13(19)17(14(12)20)9-4-3-5-10(8-9)18(21)22/h3-8,11-12H,1-2H3/t11-,12+,15+,16-. The monoisotopic (exact) mass is 314 g/mol. The Morgan fingerprint density at radius 2 is 1.70 bits per heavy atom. The Hall–Kier alpha value is -2.54. The van der Waals surface area contributed by atoms with Crippen LogP contribution in [-0.2, 0) is 14.3 Å². The van der Waals surface area contributed by atoms with Gasteiger partial charge in [-0.1, -0.05) is 18.2 Å². The number of benzene rings is 1. The summed E-state index contributed by atoms with van der Waals surface area (Å²) in [4.78, 5) is 37.1. The number of anilines is 1. The van der Waals surface area contributed by atoms with Crippen LogP contribution in [0, 0.1) is 22.0 Å². The van der Waals surface area contributed by atoms with Crippen molar-refractivity contribution in [2.75, 3.05) is 4.90 Å². The summed E-state index contributed by atoms with van der Waals surface area (Å²) in [5, 5.41) is 10.9. The fraction of sp³-hybridized carbons (Fsp3) is 0.375. The molecule has 2 amide bonds. The van der Waals surface area contributed by atoms with Gasteiger partial charge in [-0.05, 0) is 19.9 Å². The molecule has 1 aromatic carbocycles. The van der Waals surface area contributed by atoms with Crippen molar-refractivity contribution in [3.05, 3.63) is 46.5 Å². The molecule has 4 atom stereocenters. The van der Waals surface area contributed by atoms with E-state index in [1.54, 1.807) is 13.8 Å². The molecule has 118 valence electrons. The molecule has 0 aliphatic carbocycles. The first-order valence-corrected chi connectivity index (χ1v) is 7.30. The van der Waals surface area contributed by atoms with Gasteiger partial charge in [-0.25, -0.2) is 4.90 Å². The Morgan fingerprint density at radius 3 is 2.22 bits per heavy atom. The van der Waals surface area contributed by atoms with E-state index in [0.717, 1.165) is 4.90 Å². The average Bonchev–Trinajstić information content (AvgIpc) is 3.04. The summed E-state index contributed by atoms with van der Waals surface area (Å²) in [5.41, 5.74) is -1.53. The molecule has 3 aliphatic rings. The maximum atomic E-state index is 12.8. The van der Waals surface area contributed by atoms with E-state index in [0.29, 0.717) is 0 Å². The van der Waals surface area contributed by atoms with Crippen LogP contribution in [0.3, 0.4) is 0 Å². The third-order valence-electron chi connectivity index (χ3n) is 5.03. The second-order valence-electron chi connectivity index (χ2n) is 6.55. The molecule has 0 saturated carbocycles. The molecule has 0 N–H and O–H groups in total. The maximum absolute atomic E-state index is 12.8. The molecule has 2 fully saturated rings. The molecule has 4 rings (SSSR count). The lowest BCUT2D eigenvalue weighted by Gasteiger charge is -2.25.